The van der Waals surface area contributed by atoms with Gasteiger partial charge in [-0.05, 0) is 24.3 Å². The van der Waals surface area contributed by atoms with Gasteiger partial charge in [0.1, 0.15) is 11.4 Å². The maximum absolute atomic E-state index is 11.9. The second kappa shape index (κ2) is 7.94. The number of ether oxygens (including phenoxy) is 2. The predicted octanol–water partition coefficient (Wildman–Crippen LogP) is 1.34. The van der Waals surface area contributed by atoms with Crippen LogP contribution in [0.5, 0.6) is 5.75 Å². The van der Waals surface area contributed by atoms with Crippen LogP contribution in [0.2, 0.25) is 0 Å². The van der Waals surface area contributed by atoms with Gasteiger partial charge in [-0.15, -0.1) is 0 Å². The average molecular weight is 331 g/mol. The Bertz CT molecular complexity index is 663. The number of nitrogens with zero attached hydrogens (tertiary/aromatic N) is 1. The summed E-state index contributed by atoms with van der Waals surface area (Å²) >= 11 is 0. The summed E-state index contributed by atoms with van der Waals surface area (Å²) in [5.41, 5.74) is 1.65. The summed E-state index contributed by atoms with van der Waals surface area (Å²) in [6, 6.07) is 9.37. The topological polar surface area (TPSA) is 85.6 Å². The maximum atomic E-state index is 11.9. The predicted molar refractivity (Wildman–Crippen MR) is 87.6 cm³/mol. The fourth-order valence-electron chi connectivity index (χ4n) is 2.51. The number of benzene rings is 1. The lowest BCUT2D eigenvalue weighted by molar-refractivity contribution is -0.124. The van der Waals surface area contributed by atoms with Crippen molar-refractivity contribution < 1.29 is 18.8 Å². The van der Waals surface area contributed by atoms with Gasteiger partial charge in [-0.2, -0.15) is 0 Å². The fourth-order valence-corrected chi connectivity index (χ4v) is 2.51. The number of carbonyl (C=O) groups excluding carboxylic acids is 1. The molecular weight excluding hydrogens is 310 g/mol. The number of aromatic nitrogens is 1. The van der Waals surface area contributed by atoms with E-state index < -0.39 is 0 Å². The van der Waals surface area contributed by atoms with Crippen molar-refractivity contribution in [1.82, 2.24) is 15.8 Å². The number of hydrogen-bond acceptors (Lipinski definition) is 6. The normalized spacial score (nSPS) is 17.5. The largest absolute Gasteiger partial charge is 0.497 e. The number of hydrogen-bond donors (Lipinski definition) is 2. The lowest BCUT2D eigenvalue weighted by Crippen LogP contribution is -2.41. The van der Waals surface area contributed by atoms with Crippen molar-refractivity contribution in [2.45, 2.75) is 19.1 Å². The van der Waals surface area contributed by atoms with Crippen molar-refractivity contribution in [3.63, 3.8) is 0 Å². The molecule has 1 aliphatic rings. The maximum Gasteiger partial charge on any atom is 0.223 e. The third-order valence-electron chi connectivity index (χ3n) is 3.82. The quantitative estimate of drug-likeness (QED) is 0.831. The van der Waals surface area contributed by atoms with E-state index in [2.05, 4.69) is 15.8 Å². The van der Waals surface area contributed by atoms with Gasteiger partial charge in [-0.3, -0.25) is 4.79 Å². The van der Waals surface area contributed by atoms with E-state index in [9.17, 15) is 4.79 Å². The number of nitrogens with one attached hydrogen (secondary N) is 2. The van der Waals surface area contributed by atoms with Gasteiger partial charge < -0.3 is 24.6 Å². The van der Waals surface area contributed by atoms with E-state index in [4.69, 9.17) is 14.0 Å². The Balaban J connectivity index is 1.50. The van der Waals surface area contributed by atoms with Crippen LogP contribution in [0.15, 0.2) is 34.9 Å². The van der Waals surface area contributed by atoms with Gasteiger partial charge in [-0.25, -0.2) is 0 Å². The standard InChI is InChI=1S/C17H21N3O4/c1-22-13-4-2-12(3-5-13)16-8-15(24-20-16)11-19-17(21)9-14-10-18-6-7-23-14/h2-5,8,14,18H,6-7,9-11H2,1H3,(H,19,21)/t14-/m0/s1. The third kappa shape index (κ3) is 4.33. The number of methoxy groups -OCH3 is 1. The molecule has 0 unspecified atom stereocenters. The summed E-state index contributed by atoms with van der Waals surface area (Å²) in [6.07, 6.45) is 0.273. The SMILES string of the molecule is COc1ccc(-c2cc(CNC(=O)C[C@H]3CNCCO3)on2)cc1. The van der Waals surface area contributed by atoms with Gasteiger partial charge in [0.2, 0.25) is 5.91 Å². The molecule has 0 bridgehead atoms. The molecule has 1 aromatic carbocycles. The first kappa shape index (κ1) is 16.5. The van der Waals surface area contributed by atoms with Crippen LogP contribution in [0.25, 0.3) is 11.3 Å². The second-order valence-electron chi connectivity index (χ2n) is 5.58. The molecule has 0 radical (unpaired) electrons. The van der Waals surface area contributed by atoms with Crippen LogP contribution in [0, 0.1) is 0 Å². The summed E-state index contributed by atoms with van der Waals surface area (Å²) in [5.74, 6) is 1.33. The van der Waals surface area contributed by atoms with Gasteiger partial charge in [0.15, 0.2) is 5.76 Å². The lowest BCUT2D eigenvalue weighted by Gasteiger charge is -2.22. The van der Waals surface area contributed by atoms with Gasteiger partial charge in [0.05, 0.1) is 32.8 Å². The van der Waals surface area contributed by atoms with E-state index in [1.165, 1.54) is 0 Å². The monoisotopic (exact) mass is 331 g/mol. The van der Waals surface area contributed by atoms with E-state index in [0.29, 0.717) is 31.9 Å². The Hall–Kier alpha value is -2.38. The molecule has 2 heterocycles. The van der Waals surface area contributed by atoms with E-state index in [-0.39, 0.29) is 12.0 Å². The molecule has 1 atom stereocenters. The molecule has 1 saturated heterocycles. The zero-order valence-corrected chi connectivity index (χ0v) is 13.6. The first-order chi connectivity index (χ1) is 11.7. The van der Waals surface area contributed by atoms with Crippen LogP contribution in [0.4, 0.5) is 0 Å². The van der Waals surface area contributed by atoms with Gasteiger partial charge in [-0.1, -0.05) is 5.16 Å². The molecule has 1 amide bonds. The summed E-state index contributed by atoms with van der Waals surface area (Å²) in [7, 11) is 1.63. The average Bonchev–Trinajstić information content (AvgIpc) is 3.10. The first-order valence-corrected chi connectivity index (χ1v) is 7.93. The number of carbonyl (C=O) groups is 1. The van der Waals surface area contributed by atoms with Crippen LogP contribution >= 0.6 is 0 Å². The number of morpholine rings is 1. The lowest BCUT2D eigenvalue weighted by atomic mass is 10.1. The summed E-state index contributed by atoms with van der Waals surface area (Å²) < 4.78 is 15.9. The van der Waals surface area contributed by atoms with E-state index in [0.717, 1.165) is 23.6 Å². The molecule has 24 heavy (non-hydrogen) atoms. The number of amides is 1. The molecular formula is C17H21N3O4. The Morgan fingerprint density at radius 3 is 2.96 bits per heavy atom. The van der Waals surface area contributed by atoms with E-state index in [1.807, 2.05) is 30.3 Å². The molecule has 7 heteroatoms. The Morgan fingerprint density at radius 1 is 1.42 bits per heavy atom. The second-order valence-corrected chi connectivity index (χ2v) is 5.58. The van der Waals surface area contributed by atoms with E-state index >= 15 is 0 Å². The zero-order chi connectivity index (χ0) is 16.8. The molecule has 128 valence electrons. The minimum atomic E-state index is -0.0664. The van der Waals surface area contributed by atoms with Crippen molar-refractivity contribution in [2.24, 2.45) is 0 Å². The fraction of sp³-hybridized carbons (Fsp3) is 0.412. The first-order valence-electron chi connectivity index (χ1n) is 7.93. The summed E-state index contributed by atoms with van der Waals surface area (Å²) in [6.45, 7) is 2.50. The van der Waals surface area contributed by atoms with Gasteiger partial charge in [0, 0.05) is 24.7 Å². The van der Waals surface area contributed by atoms with Crippen molar-refractivity contribution in [3.05, 3.63) is 36.1 Å². The van der Waals surface area contributed by atoms with Gasteiger partial charge in [0.25, 0.3) is 0 Å². The molecule has 0 saturated carbocycles. The third-order valence-corrected chi connectivity index (χ3v) is 3.82. The molecule has 2 aromatic rings. The molecule has 0 spiro atoms. The highest BCUT2D eigenvalue weighted by atomic mass is 16.5. The highest BCUT2D eigenvalue weighted by Gasteiger charge is 2.17. The molecule has 1 aromatic heterocycles. The minimum absolute atomic E-state index is 0.0638. The van der Waals surface area contributed by atoms with Crippen molar-refractivity contribution in [3.8, 4) is 17.0 Å². The molecule has 1 aliphatic heterocycles. The highest BCUT2D eigenvalue weighted by Crippen LogP contribution is 2.22. The molecule has 0 aliphatic carbocycles. The van der Waals surface area contributed by atoms with E-state index in [1.54, 1.807) is 7.11 Å². The van der Waals surface area contributed by atoms with Gasteiger partial charge >= 0.3 is 0 Å². The molecule has 3 rings (SSSR count). The Labute approximate surface area is 140 Å². The van der Waals surface area contributed by atoms with Crippen molar-refractivity contribution >= 4 is 5.91 Å². The summed E-state index contributed by atoms with van der Waals surface area (Å²) in [4.78, 5) is 11.9. The Kier molecular flexibility index (Phi) is 5.45. The van der Waals surface area contributed by atoms with Crippen molar-refractivity contribution in [2.75, 3.05) is 26.8 Å². The molecule has 7 nitrogen and oxygen atoms in total. The van der Waals surface area contributed by atoms with Crippen LogP contribution < -0.4 is 15.4 Å². The van der Waals surface area contributed by atoms with Crippen molar-refractivity contribution in [1.29, 1.82) is 0 Å². The molecule has 2 N–H and O–H groups in total. The number of rotatable bonds is 6. The van der Waals surface area contributed by atoms with Crippen LogP contribution in [-0.4, -0.2) is 44.0 Å². The van der Waals surface area contributed by atoms with Crippen LogP contribution in [0.1, 0.15) is 12.2 Å². The van der Waals surface area contributed by atoms with Crippen LogP contribution in [0.3, 0.4) is 0 Å². The Morgan fingerprint density at radius 2 is 2.25 bits per heavy atom. The highest BCUT2D eigenvalue weighted by molar-refractivity contribution is 5.76. The smallest absolute Gasteiger partial charge is 0.223 e. The zero-order valence-electron chi connectivity index (χ0n) is 13.6. The molecule has 1 fully saturated rings. The van der Waals surface area contributed by atoms with Crippen LogP contribution in [-0.2, 0) is 16.1 Å². The minimum Gasteiger partial charge on any atom is -0.497 e. The summed E-state index contributed by atoms with van der Waals surface area (Å²) in [5, 5.41) is 10.1.